The van der Waals surface area contributed by atoms with Crippen LogP contribution < -0.4 is 5.11 Å². The minimum absolute atomic E-state index is 0.317. The van der Waals surface area contributed by atoms with Gasteiger partial charge >= 0.3 is 0 Å². The molecule has 0 saturated heterocycles. The highest BCUT2D eigenvalue weighted by molar-refractivity contribution is 14.1. The van der Waals surface area contributed by atoms with Gasteiger partial charge in [0.2, 0.25) is 0 Å². The van der Waals surface area contributed by atoms with E-state index in [1.54, 1.807) is 6.92 Å². The number of hydrogen-bond acceptors (Lipinski definition) is 3. The van der Waals surface area contributed by atoms with E-state index in [9.17, 15) is 9.90 Å². The fourth-order valence-corrected chi connectivity index (χ4v) is 0.866. The quantitative estimate of drug-likeness (QED) is 0.442. The van der Waals surface area contributed by atoms with Crippen molar-refractivity contribution >= 4 is 28.7 Å². The van der Waals surface area contributed by atoms with Crippen LogP contribution in [0.1, 0.15) is 33.1 Å². The Morgan fingerprint density at radius 2 is 2.25 bits per heavy atom. The van der Waals surface area contributed by atoms with Crippen LogP contribution >= 0.6 is 22.6 Å². The molecule has 0 aromatic carbocycles. The minimum Gasteiger partial charge on any atom is -0.536 e. The van der Waals surface area contributed by atoms with E-state index in [1.807, 2.05) is 22.6 Å². The van der Waals surface area contributed by atoms with Crippen LogP contribution in [0.2, 0.25) is 0 Å². The molecule has 0 radical (unpaired) electrons. The van der Waals surface area contributed by atoms with Crippen molar-refractivity contribution in [1.82, 2.24) is 0 Å². The van der Waals surface area contributed by atoms with Gasteiger partial charge in [0, 0.05) is 0 Å². The van der Waals surface area contributed by atoms with Gasteiger partial charge in [-0.1, -0.05) is 48.8 Å². The maximum Gasteiger partial charge on any atom is 0.253 e. The fraction of sp³-hybridized carbons (Fsp3) is 0.875. The van der Waals surface area contributed by atoms with Crippen LogP contribution in [-0.2, 0) is 4.74 Å². The Kier molecular flexibility index (Phi) is 6.51. The first kappa shape index (κ1) is 12.0. The molecule has 12 heavy (non-hydrogen) atoms. The topological polar surface area (TPSA) is 49.4 Å². The van der Waals surface area contributed by atoms with Crippen LogP contribution in [0.25, 0.3) is 0 Å². The zero-order valence-corrected chi connectivity index (χ0v) is 9.54. The fourth-order valence-electron chi connectivity index (χ4n) is 0.659. The van der Waals surface area contributed by atoms with E-state index in [-0.39, 0.29) is 4.11 Å². The highest BCUT2D eigenvalue weighted by atomic mass is 127. The Bertz CT molecular complexity index is 132. The lowest BCUT2D eigenvalue weighted by molar-refractivity contribution is -0.282. The molecule has 1 unspecified atom stereocenters. The molecule has 0 N–H and O–H groups in total. The molecule has 0 aromatic rings. The Balaban J connectivity index is 0.000000211. The predicted molar refractivity (Wildman–Crippen MR) is 53.0 cm³/mol. The largest absolute Gasteiger partial charge is 0.536 e. The molecule has 0 spiro atoms. The Morgan fingerprint density at radius 3 is 2.25 bits per heavy atom. The lowest BCUT2D eigenvalue weighted by Crippen LogP contribution is -2.25. The SMILES string of the molecule is CC(I)OC(=O)[O-].CCC1CC1. The molecular formula is C8H14IO3-. The molecule has 4 heteroatoms. The molecular weight excluding hydrogens is 271 g/mol. The van der Waals surface area contributed by atoms with Gasteiger partial charge < -0.3 is 14.6 Å². The van der Waals surface area contributed by atoms with Crippen molar-refractivity contribution in [3.8, 4) is 0 Å². The third kappa shape index (κ3) is 10.0. The average Bonchev–Trinajstić information content (AvgIpc) is 2.66. The van der Waals surface area contributed by atoms with Crippen molar-refractivity contribution in [2.75, 3.05) is 0 Å². The Morgan fingerprint density at radius 1 is 1.75 bits per heavy atom. The molecule has 1 fully saturated rings. The summed E-state index contributed by atoms with van der Waals surface area (Å²) in [6.45, 7) is 3.87. The zero-order chi connectivity index (χ0) is 9.56. The summed E-state index contributed by atoms with van der Waals surface area (Å²) in [4.78, 5) is 9.47. The summed E-state index contributed by atoms with van der Waals surface area (Å²) >= 11 is 1.81. The first-order chi connectivity index (χ1) is 5.56. The van der Waals surface area contributed by atoms with Crippen LogP contribution in [-0.4, -0.2) is 10.3 Å². The van der Waals surface area contributed by atoms with E-state index in [4.69, 9.17) is 0 Å². The summed E-state index contributed by atoms with van der Waals surface area (Å²) in [6.07, 6.45) is 2.97. The lowest BCUT2D eigenvalue weighted by atomic mass is 10.3. The second kappa shape index (κ2) is 6.51. The van der Waals surface area contributed by atoms with E-state index in [0.717, 1.165) is 5.92 Å². The lowest BCUT2D eigenvalue weighted by Gasteiger charge is -2.08. The normalized spacial score (nSPS) is 17.2. The van der Waals surface area contributed by atoms with Gasteiger partial charge in [-0.2, -0.15) is 0 Å². The van der Waals surface area contributed by atoms with Gasteiger partial charge in [-0.25, -0.2) is 0 Å². The minimum atomic E-state index is -1.47. The predicted octanol–water partition coefficient (Wildman–Crippen LogP) is 1.93. The van der Waals surface area contributed by atoms with Crippen LogP contribution in [0.3, 0.4) is 0 Å². The van der Waals surface area contributed by atoms with Crippen molar-refractivity contribution in [3.63, 3.8) is 0 Å². The maximum absolute atomic E-state index is 9.47. The van der Waals surface area contributed by atoms with Crippen molar-refractivity contribution < 1.29 is 14.6 Å². The highest BCUT2D eigenvalue weighted by Gasteiger charge is 2.17. The monoisotopic (exact) mass is 285 g/mol. The average molecular weight is 285 g/mol. The van der Waals surface area contributed by atoms with Gasteiger partial charge in [0.15, 0.2) is 0 Å². The van der Waals surface area contributed by atoms with Crippen LogP contribution in [0.4, 0.5) is 4.79 Å². The first-order valence-corrected chi connectivity index (χ1v) is 5.32. The van der Waals surface area contributed by atoms with Crippen LogP contribution in [0.15, 0.2) is 0 Å². The van der Waals surface area contributed by atoms with E-state index >= 15 is 0 Å². The van der Waals surface area contributed by atoms with Gasteiger partial charge in [-0.05, 0) is 12.8 Å². The smallest absolute Gasteiger partial charge is 0.253 e. The van der Waals surface area contributed by atoms with Crippen molar-refractivity contribution in [3.05, 3.63) is 0 Å². The zero-order valence-electron chi connectivity index (χ0n) is 7.38. The summed E-state index contributed by atoms with van der Waals surface area (Å²) in [6, 6.07) is 0. The summed E-state index contributed by atoms with van der Waals surface area (Å²) in [5.74, 6) is 1.13. The Labute approximate surface area is 86.6 Å². The van der Waals surface area contributed by atoms with E-state index in [0.29, 0.717) is 0 Å². The first-order valence-electron chi connectivity index (χ1n) is 4.08. The molecule has 1 rings (SSSR count). The molecule has 0 heterocycles. The standard InChI is InChI=1S/C5H10.C3H5IO3/c1-2-5-3-4-5;1-2(4)7-3(5)6/h5H,2-4H2,1H3;2H,1H3,(H,5,6)/p-1. The Hall–Kier alpha value is 0. The van der Waals surface area contributed by atoms with E-state index in [2.05, 4.69) is 11.7 Å². The molecule has 1 aliphatic rings. The van der Waals surface area contributed by atoms with Gasteiger partial charge in [0.25, 0.3) is 6.16 Å². The van der Waals surface area contributed by atoms with Crippen molar-refractivity contribution in [1.29, 1.82) is 0 Å². The molecule has 3 nitrogen and oxygen atoms in total. The van der Waals surface area contributed by atoms with E-state index < -0.39 is 6.16 Å². The second-order valence-corrected chi connectivity index (χ2v) is 4.52. The van der Waals surface area contributed by atoms with Crippen molar-refractivity contribution in [2.45, 2.75) is 37.2 Å². The van der Waals surface area contributed by atoms with Crippen LogP contribution in [0.5, 0.6) is 0 Å². The molecule has 0 aromatic heterocycles. The summed E-state index contributed by atoms with van der Waals surface area (Å²) in [7, 11) is 0. The number of ether oxygens (including phenoxy) is 1. The molecule has 1 atom stereocenters. The maximum atomic E-state index is 9.47. The summed E-state index contributed by atoms with van der Waals surface area (Å²) in [5.41, 5.74) is 0. The number of carboxylic acid groups (broad SMARTS) is 1. The molecule has 0 amide bonds. The molecule has 0 aliphatic heterocycles. The van der Waals surface area contributed by atoms with Gasteiger partial charge in [-0.3, -0.25) is 0 Å². The van der Waals surface area contributed by atoms with Gasteiger partial charge in [-0.15, -0.1) is 0 Å². The number of carbonyl (C=O) groups excluding carboxylic acids is 1. The van der Waals surface area contributed by atoms with Crippen LogP contribution in [0, 0.1) is 5.92 Å². The molecule has 72 valence electrons. The third-order valence-electron chi connectivity index (χ3n) is 1.53. The van der Waals surface area contributed by atoms with Gasteiger partial charge in [0.05, 0.1) is 4.11 Å². The number of alkyl halides is 1. The second-order valence-electron chi connectivity index (χ2n) is 2.76. The number of carbonyl (C=O) groups is 1. The third-order valence-corrected chi connectivity index (χ3v) is 1.79. The molecule has 0 bridgehead atoms. The van der Waals surface area contributed by atoms with Gasteiger partial charge in [0.1, 0.15) is 0 Å². The highest BCUT2D eigenvalue weighted by Crippen LogP contribution is 2.31. The number of hydrogen-bond donors (Lipinski definition) is 0. The summed E-state index contributed by atoms with van der Waals surface area (Å²) in [5, 5.41) is 9.47. The van der Waals surface area contributed by atoms with E-state index in [1.165, 1.54) is 19.3 Å². The summed E-state index contributed by atoms with van der Waals surface area (Å²) < 4.78 is 3.73. The number of rotatable bonds is 2. The van der Waals surface area contributed by atoms with Crippen molar-refractivity contribution in [2.24, 2.45) is 5.92 Å². The number of halogens is 1. The molecule has 1 saturated carbocycles. The molecule has 1 aliphatic carbocycles.